The average Bonchev–Trinajstić information content (AvgIpc) is 3.24. The normalized spacial score (nSPS) is 11.7. The van der Waals surface area contributed by atoms with Crippen molar-refractivity contribution in [3.8, 4) is 17.8 Å². The van der Waals surface area contributed by atoms with Crippen molar-refractivity contribution in [2.24, 2.45) is 5.14 Å². The van der Waals surface area contributed by atoms with Gasteiger partial charge in [-0.25, -0.2) is 23.5 Å². The largest absolute Gasteiger partial charge is 0.537 e. The molecular formula is C23H21N7O4S+2. The van der Waals surface area contributed by atoms with Crippen LogP contribution in [0.3, 0.4) is 0 Å². The number of nitrogens with two attached hydrogens (primary N) is 1. The fourth-order valence-electron chi connectivity index (χ4n) is 3.28. The fourth-order valence-corrected chi connectivity index (χ4v) is 3.95. The number of hydrogen-bond acceptors (Lipinski definition) is 7. The Kier molecular flexibility index (Phi) is 6.31. The summed E-state index contributed by atoms with van der Waals surface area (Å²) in [5, 5.41) is 9.53. The molecule has 0 bridgehead atoms. The summed E-state index contributed by atoms with van der Waals surface area (Å²) in [6.45, 7) is 0. The minimum absolute atomic E-state index is 0.100. The van der Waals surface area contributed by atoms with Crippen LogP contribution in [0.15, 0.2) is 53.8 Å². The van der Waals surface area contributed by atoms with E-state index in [1.54, 1.807) is 10.9 Å². The number of aromatic nitrogens is 2. The summed E-state index contributed by atoms with van der Waals surface area (Å²) in [5.41, 5.74) is 1.49. The quantitative estimate of drug-likeness (QED) is 0.256. The number of primary sulfonamides is 1. The van der Waals surface area contributed by atoms with Crippen LogP contribution in [0.25, 0.3) is 0 Å². The van der Waals surface area contributed by atoms with E-state index in [1.165, 1.54) is 37.8 Å². The number of nitrogens with zero attached hydrogens (tertiary/aromatic N) is 5. The number of anilines is 2. The minimum Gasteiger partial charge on any atom is -0.480 e. The maximum atomic E-state index is 12.7. The van der Waals surface area contributed by atoms with E-state index in [9.17, 15) is 13.2 Å². The van der Waals surface area contributed by atoms with Gasteiger partial charge in [0.1, 0.15) is 11.9 Å². The molecule has 0 atom stereocenters. The van der Waals surface area contributed by atoms with Gasteiger partial charge in [0.25, 0.3) is 5.91 Å². The lowest BCUT2D eigenvalue weighted by atomic mass is 10.2. The molecule has 0 radical (unpaired) electrons. The molecule has 0 saturated carbocycles. The summed E-state index contributed by atoms with van der Waals surface area (Å²) >= 11 is 0. The Hall–Kier alpha value is -4.56. The number of carbonyl (C=O) groups excluding carboxylic acids is 1. The van der Waals surface area contributed by atoms with Crippen LogP contribution >= 0.6 is 0 Å². The molecule has 0 spiro atoms. The van der Waals surface area contributed by atoms with Crippen molar-refractivity contribution in [3.05, 3.63) is 70.8 Å². The Morgan fingerprint density at radius 1 is 1.23 bits per heavy atom. The van der Waals surface area contributed by atoms with Crippen LogP contribution in [0.4, 0.5) is 11.4 Å². The van der Waals surface area contributed by atoms with E-state index < -0.39 is 15.9 Å². The van der Waals surface area contributed by atoms with Gasteiger partial charge in [0.15, 0.2) is 0 Å². The van der Waals surface area contributed by atoms with Gasteiger partial charge in [0.2, 0.25) is 21.9 Å². The lowest BCUT2D eigenvalue weighted by Crippen LogP contribution is -2.33. The molecule has 4 rings (SSSR count). The topological polar surface area (TPSA) is 145 Å². The number of benzene rings is 2. The summed E-state index contributed by atoms with van der Waals surface area (Å²) in [6.07, 6.45) is 4.11. The van der Waals surface area contributed by atoms with Crippen molar-refractivity contribution in [1.82, 2.24) is 19.2 Å². The van der Waals surface area contributed by atoms with E-state index >= 15 is 0 Å². The molecule has 0 fully saturated rings. The average molecular weight is 492 g/mol. The monoisotopic (exact) mass is 491 g/mol. The number of methoxy groups -OCH3 is 1. The van der Waals surface area contributed by atoms with Crippen LogP contribution < -0.4 is 40.1 Å². The van der Waals surface area contributed by atoms with Crippen LogP contribution in [-0.2, 0) is 10.0 Å². The van der Waals surface area contributed by atoms with Gasteiger partial charge in [-0.15, -0.1) is 0 Å². The number of sulfonamides is 1. The first-order valence-corrected chi connectivity index (χ1v) is 11.7. The van der Waals surface area contributed by atoms with Gasteiger partial charge >= 0.3 is 17.1 Å². The van der Waals surface area contributed by atoms with Crippen LogP contribution in [0.1, 0.15) is 15.9 Å². The highest BCUT2D eigenvalue weighted by Crippen LogP contribution is 2.21. The van der Waals surface area contributed by atoms with Gasteiger partial charge < -0.3 is 15.0 Å². The standard InChI is InChI=1S/C23H20N7O4S/c1-29(2)17-5-6-20-19(11-17)27-14-30(20)9-8-15-10-16(4-7-21(15)35(24,32)33)28-22(31)18-12-25-13-26-23(18)34-3/h4-7,10-14H,1-3H3,(H2-,24,28,31,32,33)/q+1/p+1. The van der Waals surface area contributed by atoms with Gasteiger partial charge in [-0.1, -0.05) is 0 Å². The van der Waals surface area contributed by atoms with Crippen molar-refractivity contribution < 1.29 is 17.9 Å². The summed E-state index contributed by atoms with van der Waals surface area (Å²) in [4.78, 5) is 22.2. The molecule has 1 aromatic heterocycles. The van der Waals surface area contributed by atoms with E-state index in [-0.39, 0.29) is 21.9 Å². The molecule has 176 valence electrons. The highest BCUT2D eigenvalue weighted by atomic mass is 32.2. The highest BCUT2D eigenvalue weighted by Gasteiger charge is 2.21. The number of carbonyl (C=O) groups is 1. The van der Waals surface area contributed by atoms with Crippen molar-refractivity contribution in [2.75, 3.05) is 31.4 Å². The first-order valence-electron chi connectivity index (χ1n) is 10.2. The molecule has 2 heterocycles. The maximum absolute atomic E-state index is 12.7. The van der Waals surface area contributed by atoms with Crippen molar-refractivity contribution in [1.29, 1.82) is 0 Å². The predicted molar refractivity (Wildman–Crippen MR) is 130 cm³/mol. The second-order valence-corrected chi connectivity index (χ2v) is 9.10. The summed E-state index contributed by atoms with van der Waals surface area (Å²) < 4.78 is 35.3. The van der Waals surface area contributed by atoms with Gasteiger partial charge in [-0.2, -0.15) is 0 Å². The minimum atomic E-state index is -4.08. The molecular weight excluding hydrogens is 470 g/mol. The van der Waals surface area contributed by atoms with Gasteiger partial charge in [0, 0.05) is 43.7 Å². The summed E-state index contributed by atoms with van der Waals surface area (Å²) in [5.74, 6) is 2.39. The third kappa shape index (κ3) is 5.02. The second-order valence-electron chi connectivity index (χ2n) is 7.57. The van der Waals surface area contributed by atoms with Gasteiger partial charge in [-0.3, -0.25) is 4.79 Å². The number of fused-ring (bicyclic) bond motifs is 1. The second kappa shape index (κ2) is 9.36. The number of nitrogens with one attached hydrogen (secondary N) is 1. The Balaban J connectivity index is 1.73. The SMILES string of the molecule is COc1ncncc1C(=O)Nc1ccc(S(N)(=O)=O)c(C#C[N+]2=c3ccc(N(C)C)cc3=[N+]=C2)c1. The number of ether oxygens (including phenoxy) is 1. The predicted octanol–water partition coefficient (Wildman–Crippen LogP) is -1.32. The van der Waals surface area contributed by atoms with Gasteiger partial charge in [0.05, 0.1) is 23.6 Å². The third-order valence-corrected chi connectivity index (χ3v) is 5.98. The number of amides is 1. The molecule has 0 saturated heterocycles. The zero-order valence-electron chi connectivity index (χ0n) is 19.1. The molecule has 12 heteroatoms. The molecule has 1 aliphatic heterocycles. The van der Waals surface area contributed by atoms with Crippen LogP contribution in [0.5, 0.6) is 5.88 Å². The van der Waals surface area contributed by atoms with Crippen LogP contribution in [-0.4, -0.2) is 51.8 Å². The summed E-state index contributed by atoms with van der Waals surface area (Å²) in [6, 6.07) is 12.7. The Morgan fingerprint density at radius 2 is 2.03 bits per heavy atom. The number of rotatable bonds is 5. The van der Waals surface area contributed by atoms with Crippen molar-refractivity contribution in [2.45, 2.75) is 4.90 Å². The zero-order chi connectivity index (χ0) is 25.2. The van der Waals surface area contributed by atoms with Crippen LogP contribution in [0, 0.1) is 12.0 Å². The molecule has 3 N–H and O–H groups in total. The lowest BCUT2D eigenvalue weighted by molar-refractivity contribution is 0.102. The molecule has 1 aliphatic rings. The van der Waals surface area contributed by atoms with Gasteiger partial charge in [-0.05, 0) is 33.5 Å². The molecule has 0 aliphatic carbocycles. The van der Waals surface area contributed by atoms with E-state index in [0.29, 0.717) is 5.69 Å². The van der Waals surface area contributed by atoms with Crippen LogP contribution in [0.2, 0.25) is 0 Å². The molecule has 2 aromatic carbocycles. The summed E-state index contributed by atoms with van der Waals surface area (Å²) in [7, 11) is 1.17. The van der Waals surface area contributed by atoms with Crippen molar-refractivity contribution in [3.63, 3.8) is 0 Å². The van der Waals surface area contributed by atoms with E-state index in [2.05, 4.69) is 31.9 Å². The molecule has 3 aromatic rings. The first kappa shape index (κ1) is 23.6. The third-order valence-electron chi connectivity index (χ3n) is 5.02. The Morgan fingerprint density at radius 3 is 2.74 bits per heavy atom. The highest BCUT2D eigenvalue weighted by molar-refractivity contribution is 7.89. The van der Waals surface area contributed by atoms with E-state index in [1.807, 2.05) is 37.2 Å². The zero-order valence-corrected chi connectivity index (χ0v) is 19.9. The molecule has 0 unspecified atom stereocenters. The molecule has 1 amide bonds. The van der Waals surface area contributed by atoms with E-state index in [4.69, 9.17) is 9.88 Å². The Bertz CT molecular complexity index is 1680. The molecule has 35 heavy (non-hydrogen) atoms. The maximum Gasteiger partial charge on any atom is 0.537 e. The number of hydrogen-bond donors (Lipinski definition) is 2. The lowest BCUT2D eigenvalue weighted by Gasteiger charge is -2.09. The molecule has 11 nitrogen and oxygen atoms in total. The fraction of sp³-hybridized carbons (Fsp3) is 0.130. The Labute approximate surface area is 201 Å². The smallest absolute Gasteiger partial charge is 0.480 e. The van der Waals surface area contributed by atoms with Crippen molar-refractivity contribution >= 4 is 33.6 Å². The van der Waals surface area contributed by atoms with E-state index in [0.717, 1.165) is 16.4 Å². The first-order chi connectivity index (χ1) is 16.7.